The Morgan fingerprint density at radius 3 is 2.65 bits per heavy atom. The maximum Gasteiger partial charge on any atom is 0.193 e. The van der Waals surface area contributed by atoms with Gasteiger partial charge in [0, 0.05) is 28.9 Å². The highest BCUT2D eigenvalue weighted by atomic mass is 19.2. The molecule has 2 nitrogen and oxygen atoms in total. The van der Waals surface area contributed by atoms with Crippen molar-refractivity contribution in [1.82, 2.24) is 4.98 Å². The normalized spacial score (nSPS) is 10.7. The second-order valence-electron chi connectivity index (χ2n) is 4.36. The van der Waals surface area contributed by atoms with Crippen LogP contribution in [0, 0.1) is 11.6 Å². The van der Waals surface area contributed by atoms with Crippen molar-refractivity contribution in [1.29, 1.82) is 0 Å². The van der Waals surface area contributed by atoms with E-state index < -0.39 is 11.6 Å². The molecule has 0 aliphatic heterocycles. The molecule has 0 atom stereocenters. The van der Waals surface area contributed by atoms with Gasteiger partial charge >= 0.3 is 0 Å². The van der Waals surface area contributed by atoms with Crippen LogP contribution in [0.5, 0.6) is 0 Å². The molecule has 0 bridgehead atoms. The van der Waals surface area contributed by atoms with Crippen LogP contribution in [-0.2, 0) is 0 Å². The number of halogens is 2. The highest BCUT2D eigenvalue weighted by Gasteiger charge is 2.14. The van der Waals surface area contributed by atoms with Crippen molar-refractivity contribution >= 4 is 16.6 Å². The van der Waals surface area contributed by atoms with Gasteiger partial charge < -0.3 is 0 Å². The minimum absolute atomic E-state index is 0.111. The Hall–Kier alpha value is -2.62. The Morgan fingerprint density at radius 1 is 1.00 bits per heavy atom. The molecule has 2 aromatic carbocycles. The molecule has 0 aliphatic carbocycles. The molecule has 0 amide bonds. The summed E-state index contributed by atoms with van der Waals surface area (Å²) >= 11 is 0. The van der Waals surface area contributed by atoms with E-state index in [1.54, 1.807) is 30.6 Å². The zero-order valence-corrected chi connectivity index (χ0v) is 10.3. The smallest absolute Gasteiger partial charge is 0.193 e. The molecule has 3 aromatic rings. The number of benzene rings is 2. The van der Waals surface area contributed by atoms with Gasteiger partial charge in [-0.2, -0.15) is 0 Å². The number of rotatable bonds is 2. The number of nitrogens with zero attached hydrogens (tertiary/aromatic N) is 1. The average molecular weight is 269 g/mol. The predicted octanol–water partition coefficient (Wildman–Crippen LogP) is 3.74. The number of hydrogen-bond acceptors (Lipinski definition) is 2. The highest BCUT2D eigenvalue weighted by Crippen LogP contribution is 2.21. The van der Waals surface area contributed by atoms with E-state index in [0.717, 1.165) is 17.5 Å². The lowest BCUT2D eigenvalue weighted by Crippen LogP contribution is -2.03. The van der Waals surface area contributed by atoms with Crippen LogP contribution in [0.25, 0.3) is 10.8 Å². The third-order valence-corrected chi connectivity index (χ3v) is 3.11. The van der Waals surface area contributed by atoms with Crippen molar-refractivity contribution < 1.29 is 13.6 Å². The standard InChI is InChI=1S/C16H9F2NO/c17-14-5-4-11(8-15(14)18)16(20)12-3-1-2-10-6-7-19-9-13(10)12/h1-9H. The molecule has 0 fully saturated rings. The van der Waals surface area contributed by atoms with Gasteiger partial charge in [0.15, 0.2) is 17.4 Å². The van der Waals surface area contributed by atoms with E-state index >= 15 is 0 Å². The lowest BCUT2D eigenvalue weighted by atomic mass is 9.98. The Morgan fingerprint density at radius 2 is 1.85 bits per heavy atom. The molecular weight excluding hydrogens is 260 g/mol. The van der Waals surface area contributed by atoms with Gasteiger partial charge in [-0.25, -0.2) is 8.78 Å². The Balaban J connectivity index is 2.15. The molecule has 4 heteroatoms. The molecule has 0 saturated heterocycles. The van der Waals surface area contributed by atoms with Crippen LogP contribution in [0.1, 0.15) is 15.9 Å². The molecule has 1 aromatic heterocycles. The van der Waals surface area contributed by atoms with Gasteiger partial charge in [0.2, 0.25) is 0 Å². The number of aromatic nitrogens is 1. The van der Waals surface area contributed by atoms with Crippen molar-refractivity contribution in [2.75, 3.05) is 0 Å². The first-order valence-corrected chi connectivity index (χ1v) is 5.99. The largest absolute Gasteiger partial charge is 0.289 e. The van der Waals surface area contributed by atoms with Crippen LogP contribution in [0.15, 0.2) is 54.9 Å². The molecule has 0 spiro atoms. The van der Waals surface area contributed by atoms with Crippen LogP contribution in [0.2, 0.25) is 0 Å². The minimum atomic E-state index is -1.03. The Bertz CT molecular complexity index is 809. The number of fused-ring (bicyclic) bond motifs is 1. The van der Waals surface area contributed by atoms with Crippen molar-refractivity contribution in [2.45, 2.75) is 0 Å². The van der Waals surface area contributed by atoms with Gasteiger partial charge in [-0.3, -0.25) is 9.78 Å². The second-order valence-corrected chi connectivity index (χ2v) is 4.36. The number of hydrogen-bond donors (Lipinski definition) is 0. The van der Waals surface area contributed by atoms with Gasteiger partial charge in [0.05, 0.1) is 0 Å². The summed E-state index contributed by atoms with van der Waals surface area (Å²) < 4.78 is 26.2. The summed E-state index contributed by atoms with van der Waals surface area (Å²) in [5.41, 5.74) is 0.530. The number of ketones is 1. The fraction of sp³-hybridized carbons (Fsp3) is 0. The van der Waals surface area contributed by atoms with Gasteiger partial charge in [-0.05, 0) is 29.7 Å². The van der Waals surface area contributed by atoms with E-state index in [1.165, 1.54) is 6.07 Å². The first kappa shape index (κ1) is 12.4. The van der Waals surface area contributed by atoms with Crippen molar-refractivity contribution in [3.05, 3.63) is 77.6 Å². The molecule has 0 N–H and O–H groups in total. The molecule has 0 unspecified atom stereocenters. The number of pyridine rings is 1. The van der Waals surface area contributed by atoms with Crippen molar-refractivity contribution in [3.63, 3.8) is 0 Å². The average Bonchev–Trinajstić information content (AvgIpc) is 2.49. The van der Waals surface area contributed by atoms with E-state index in [0.29, 0.717) is 10.9 Å². The van der Waals surface area contributed by atoms with Gasteiger partial charge in [0.25, 0.3) is 0 Å². The molecule has 98 valence electrons. The summed E-state index contributed by atoms with van der Waals surface area (Å²) in [6.45, 7) is 0. The molecule has 0 radical (unpaired) electrons. The SMILES string of the molecule is O=C(c1ccc(F)c(F)c1)c1cccc2ccncc12. The first-order chi connectivity index (χ1) is 9.66. The van der Waals surface area contributed by atoms with Crippen molar-refractivity contribution in [2.24, 2.45) is 0 Å². The Kier molecular flexibility index (Phi) is 2.99. The summed E-state index contributed by atoms with van der Waals surface area (Å²) in [6.07, 6.45) is 3.22. The lowest BCUT2D eigenvalue weighted by Gasteiger charge is -2.05. The van der Waals surface area contributed by atoms with Crippen LogP contribution >= 0.6 is 0 Å². The fourth-order valence-corrected chi connectivity index (χ4v) is 2.10. The molecule has 1 heterocycles. The fourth-order valence-electron chi connectivity index (χ4n) is 2.10. The van der Waals surface area contributed by atoms with E-state index in [1.807, 2.05) is 6.07 Å². The van der Waals surface area contributed by atoms with E-state index in [9.17, 15) is 13.6 Å². The third-order valence-electron chi connectivity index (χ3n) is 3.11. The highest BCUT2D eigenvalue weighted by molar-refractivity contribution is 6.16. The van der Waals surface area contributed by atoms with Crippen LogP contribution in [-0.4, -0.2) is 10.8 Å². The lowest BCUT2D eigenvalue weighted by molar-refractivity contribution is 0.103. The second kappa shape index (κ2) is 4.81. The number of carbonyl (C=O) groups excluding carboxylic acids is 1. The van der Waals surface area contributed by atoms with Gasteiger partial charge in [0.1, 0.15) is 0 Å². The van der Waals surface area contributed by atoms with Gasteiger partial charge in [-0.1, -0.05) is 18.2 Å². The maximum atomic E-state index is 13.2. The van der Waals surface area contributed by atoms with E-state index in [2.05, 4.69) is 4.98 Å². The van der Waals surface area contributed by atoms with E-state index in [-0.39, 0.29) is 11.3 Å². The predicted molar refractivity (Wildman–Crippen MR) is 71.5 cm³/mol. The van der Waals surface area contributed by atoms with Crippen LogP contribution in [0.3, 0.4) is 0 Å². The zero-order valence-electron chi connectivity index (χ0n) is 10.3. The van der Waals surface area contributed by atoms with E-state index in [4.69, 9.17) is 0 Å². The molecule has 0 saturated carbocycles. The maximum absolute atomic E-state index is 13.2. The summed E-state index contributed by atoms with van der Waals surface area (Å²) in [4.78, 5) is 16.4. The number of carbonyl (C=O) groups is 1. The molecule has 0 aliphatic rings. The summed E-state index contributed by atoms with van der Waals surface area (Å²) in [7, 11) is 0. The quantitative estimate of drug-likeness (QED) is 0.663. The summed E-state index contributed by atoms with van der Waals surface area (Å²) in [5, 5.41) is 1.55. The summed E-state index contributed by atoms with van der Waals surface area (Å²) in [5.74, 6) is -2.36. The molecule has 20 heavy (non-hydrogen) atoms. The molecule has 3 rings (SSSR count). The van der Waals surface area contributed by atoms with Crippen LogP contribution in [0.4, 0.5) is 8.78 Å². The minimum Gasteiger partial charge on any atom is -0.289 e. The zero-order chi connectivity index (χ0) is 14.1. The van der Waals surface area contributed by atoms with Crippen molar-refractivity contribution in [3.8, 4) is 0 Å². The first-order valence-electron chi connectivity index (χ1n) is 5.99. The molecular formula is C16H9F2NO. The topological polar surface area (TPSA) is 30.0 Å². The van der Waals surface area contributed by atoms with Gasteiger partial charge in [-0.15, -0.1) is 0 Å². The monoisotopic (exact) mass is 269 g/mol. The summed E-state index contributed by atoms with van der Waals surface area (Å²) in [6, 6.07) is 10.2. The Labute approximate surface area is 113 Å². The van der Waals surface area contributed by atoms with Crippen LogP contribution < -0.4 is 0 Å². The third kappa shape index (κ3) is 2.05.